The molecule has 1 unspecified atom stereocenters. The Morgan fingerprint density at radius 2 is 1.96 bits per heavy atom. The van der Waals surface area contributed by atoms with Gasteiger partial charge in [-0.1, -0.05) is 19.4 Å². The van der Waals surface area contributed by atoms with E-state index >= 15 is 0 Å². The average molecular weight is 369 g/mol. The topological polar surface area (TPSA) is 74.6 Å². The lowest BCUT2D eigenvalue weighted by Crippen LogP contribution is -2.43. The molecule has 1 fully saturated rings. The van der Waals surface area contributed by atoms with E-state index in [1.54, 1.807) is 19.1 Å². The molecular weight excluding hydrogens is 342 g/mol. The van der Waals surface area contributed by atoms with Gasteiger partial charge in [0.25, 0.3) is 5.91 Å². The van der Waals surface area contributed by atoms with Crippen LogP contribution in [0.5, 0.6) is 0 Å². The second-order valence-corrected chi connectivity index (χ2v) is 6.96. The van der Waals surface area contributed by atoms with E-state index in [2.05, 4.69) is 21.6 Å². The number of carbonyl (C=O) groups excluding carboxylic acids is 2. The van der Waals surface area contributed by atoms with Crippen LogP contribution < -0.4 is 15.5 Å². The summed E-state index contributed by atoms with van der Waals surface area (Å²) in [4.78, 5) is 27.4. The zero-order valence-electron chi connectivity index (χ0n) is 16.0. The van der Waals surface area contributed by atoms with E-state index in [1.807, 2.05) is 25.1 Å². The van der Waals surface area contributed by atoms with Crippen LogP contribution in [0.15, 0.2) is 40.8 Å². The first-order chi connectivity index (χ1) is 13.1. The number of nitrogens with one attached hydrogen (secondary N) is 2. The maximum Gasteiger partial charge on any atom is 0.287 e. The SMILES string of the molecule is CCCC(NC(=O)c1ccc(C)o1)C(=O)Nc1cccc(N2CCCC2)c1. The molecule has 1 aromatic carbocycles. The molecule has 0 bridgehead atoms. The van der Waals surface area contributed by atoms with Crippen LogP contribution in [0.4, 0.5) is 11.4 Å². The van der Waals surface area contributed by atoms with E-state index < -0.39 is 6.04 Å². The average Bonchev–Trinajstić information content (AvgIpc) is 3.33. The van der Waals surface area contributed by atoms with Crippen LogP contribution in [0.2, 0.25) is 0 Å². The van der Waals surface area contributed by atoms with E-state index in [1.165, 1.54) is 12.8 Å². The Hall–Kier alpha value is -2.76. The Balaban J connectivity index is 1.66. The number of hydrogen-bond acceptors (Lipinski definition) is 4. The molecule has 2 amide bonds. The molecule has 1 aliphatic rings. The second-order valence-electron chi connectivity index (χ2n) is 6.96. The number of aryl methyl sites for hydroxylation is 1. The first kappa shape index (κ1) is 19.0. The standard InChI is InChI=1S/C21H27N3O3/c1-3-7-18(23-21(26)19-11-10-15(2)27-19)20(25)22-16-8-6-9-17(14-16)24-12-4-5-13-24/h6,8-11,14,18H,3-5,7,12-13H2,1-2H3,(H,22,25)(H,23,26). The Kier molecular flexibility index (Phi) is 6.16. The van der Waals surface area contributed by atoms with Crippen molar-refractivity contribution in [2.45, 2.75) is 45.6 Å². The summed E-state index contributed by atoms with van der Waals surface area (Å²) in [6.45, 7) is 5.86. The van der Waals surface area contributed by atoms with Gasteiger partial charge in [0.05, 0.1) is 0 Å². The fourth-order valence-corrected chi connectivity index (χ4v) is 3.33. The van der Waals surface area contributed by atoms with Gasteiger partial charge in [-0.25, -0.2) is 0 Å². The van der Waals surface area contributed by atoms with Gasteiger partial charge in [-0.05, 0) is 56.5 Å². The van der Waals surface area contributed by atoms with Crippen molar-refractivity contribution in [3.8, 4) is 0 Å². The third-order valence-corrected chi connectivity index (χ3v) is 4.75. The lowest BCUT2D eigenvalue weighted by atomic mass is 10.1. The molecule has 6 heteroatoms. The first-order valence-electron chi connectivity index (χ1n) is 9.60. The van der Waals surface area contributed by atoms with E-state index in [9.17, 15) is 9.59 Å². The van der Waals surface area contributed by atoms with Gasteiger partial charge >= 0.3 is 0 Å². The molecule has 1 aromatic heterocycles. The summed E-state index contributed by atoms with van der Waals surface area (Å²) in [5.74, 6) is 0.294. The predicted octanol–water partition coefficient (Wildman–Crippen LogP) is 3.73. The molecular formula is C21H27N3O3. The van der Waals surface area contributed by atoms with Crippen LogP contribution in [-0.4, -0.2) is 30.9 Å². The highest BCUT2D eigenvalue weighted by Crippen LogP contribution is 2.23. The normalized spacial score (nSPS) is 14.8. The number of hydrogen-bond donors (Lipinski definition) is 2. The van der Waals surface area contributed by atoms with Crippen molar-refractivity contribution in [1.82, 2.24) is 5.32 Å². The summed E-state index contributed by atoms with van der Waals surface area (Å²) in [7, 11) is 0. The lowest BCUT2D eigenvalue weighted by Gasteiger charge is -2.20. The van der Waals surface area contributed by atoms with Gasteiger partial charge in [0.2, 0.25) is 5.91 Å². The molecule has 6 nitrogen and oxygen atoms in total. The van der Waals surface area contributed by atoms with Gasteiger partial charge in [-0.2, -0.15) is 0 Å². The number of furan rings is 1. The third-order valence-electron chi connectivity index (χ3n) is 4.75. The van der Waals surface area contributed by atoms with Crippen LogP contribution >= 0.6 is 0 Å². The summed E-state index contributed by atoms with van der Waals surface area (Å²) < 4.78 is 5.35. The summed E-state index contributed by atoms with van der Waals surface area (Å²) in [6, 6.07) is 10.6. The van der Waals surface area contributed by atoms with Gasteiger partial charge < -0.3 is 20.0 Å². The predicted molar refractivity (Wildman–Crippen MR) is 106 cm³/mol. The molecule has 2 aromatic rings. The van der Waals surface area contributed by atoms with Gasteiger partial charge in [0.1, 0.15) is 11.8 Å². The number of benzene rings is 1. The Labute approximate surface area is 159 Å². The Morgan fingerprint density at radius 1 is 1.19 bits per heavy atom. The number of carbonyl (C=O) groups is 2. The van der Waals surface area contributed by atoms with Gasteiger partial charge in [-0.3, -0.25) is 9.59 Å². The number of rotatable bonds is 7. The molecule has 0 spiro atoms. The largest absolute Gasteiger partial charge is 0.456 e. The van der Waals surface area contributed by atoms with Crippen molar-refractivity contribution in [2.75, 3.05) is 23.3 Å². The number of nitrogens with zero attached hydrogens (tertiary/aromatic N) is 1. The molecule has 1 atom stereocenters. The number of anilines is 2. The number of amides is 2. The zero-order chi connectivity index (χ0) is 19.2. The fraction of sp³-hybridized carbons (Fsp3) is 0.429. The van der Waals surface area contributed by atoms with Crippen molar-refractivity contribution in [3.63, 3.8) is 0 Å². The van der Waals surface area contributed by atoms with E-state index in [-0.39, 0.29) is 17.6 Å². The minimum atomic E-state index is -0.608. The molecule has 0 saturated carbocycles. The zero-order valence-corrected chi connectivity index (χ0v) is 16.0. The molecule has 1 saturated heterocycles. The van der Waals surface area contributed by atoms with Crippen LogP contribution in [0, 0.1) is 6.92 Å². The van der Waals surface area contributed by atoms with Crippen molar-refractivity contribution in [1.29, 1.82) is 0 Å². The minimum absolute atomic E-state index is 0.216. The molecule has 3 rings (SSSR count). The Morgan fingerprint density at radius 3 is 2.63 bits per heavy atom. The monoisotopic (exact) mass is 369 g/mol. The second kappa shape index (κ2) is 8.75. The highest BCUT2D eigenvalue weighted by Gasteiger charge is 2.22. The van der Waals surface area contributed by atoms with Gasteiger partial charge in [-0.15, -0.1) is 0 Å². The van der Waals surface area contributed by atoms with Crippen LogP contribution in [-0.2, 0) is 4.79 Å². The molecule has 2 heterocycles. The molecule has 27 heavy (non-hydrogen) atoms. The van der Waals surface area contributed by atoms with E-state index in [4.69, 9.17) is 4.42 Å². The maximum atomic E-state index is 12.7. The molecule has 2 N–H and O–H groups in total. The van der Waals surface area contributed by atoms with E-state index in [0.717, 1.165) is 30.9 Å². The Bertz CT molecular complexity index is 793. The third kappa shape index (κ3) is 4.90. The van der Waals surface area contributed by atoms with Crippen molar-refractivity contribution in [3.05, 3.63) is 47.9 Å². The smallest absolute Gasteiger partial charge is 0.287 e. The lowest BCUT2D eigenvalue weighted by molar-refractivity contribution is -0.118. The highest BCUT2D eigenvalue weighted by atomic mass is 16.3. The summed E-state index contributed by atoms with van der Waals surface area (Å²) in [5, 5.41) is 5.72. The summed E-state index contributed by atoms with van der Waals surface area (Å²) >= 11 is 0. The molecule has 0 radical (unpaired) electrons. The van der Waals surface area contributed by atoms with Crippen molar-refractivity contribution >= 4 is 23.2 Å². The highest BCUT2D eigenvalue weighted by molar-refractivity contribution is 6.00. The van der Waals surface area contributed by atoms with Gasteiger partial charge in [0.15, 0.2) is 5.76 Å². The summed E-state index contributed by atoms with van der Waals surface area (Å²) in [5.41, 5.74) is 1.86. The van der Waals surface area contributed by atoms with Crippen molar-refractivity contribution in [2.24, 2.45) is 0 Å². The fourth-order valence-electron chi connectivity index (χ4n) is 3.33. The van der Waals surface area contributed by atoms with Crippen LogP contribution in [0.3, 0.4) is 0 Å². The molecule has 1 aliphatic heterocycles. The maximum absolute atomic E-state index is 12.7. The van der Waals surface area contributed by atoms with E-state index in [0.29, 0.717) is 12.2 Å². The first-order valence-corrected chi connectivity index (χ1v) is 9.60. The van der Waals surface area contributed by atoms with Gasteiger partial charge in [0, 0.05) is 24.5 Å². The molecule has 144 valence electrons. The van der Waals surface area contributed by atoms with Crippen LogP contribution in [0.25, 0.3) is 0 Å². The minimum Gasteiger partial charge on any atom is -0.456 e. The summed E-state index contributed by atoms with van der Waals surface area (Å²) in [6.07, 6.45) is 3.74. The quantitative estimate of drug-likeness (QED) is 0.780. The van der Waals surface area contributed by atoms with Crippen molar-refractivity contribution < 1.29 is 14.0 Å². The van der Waals surface area contributed by atoms with Crippen LogP contribution in [0.1, 0.15) is 48.9 Å². The molecule has 0 aliphatic carbocycles.